The van der Waals surface area contributed by atoms with E-state index >= 15 is 0 Å². The van der Waals surface area contributed by atoms with Crippen molar-refractivity contribution >= 4 is 22.6 Å². The Hall–Kier alpha value is -0.580. The number of nitrogens with one attached hydrogen (secondary N) is 1. The van der Waals surface area contributed by atoms with E-state index in [1.807, 2.05) is 32.9 Å². The van der Waals surface area contributed by atoms with Gasteiger partial charge >= 0.3 is 0 Å². The fourth-order valence-electron chi connectivity index (χ4n) is 1.98. The summed E-state index contributed by atoms with van der Waals surface area (Å²) in [5, 5.41) is 0. The molecule has 5 heteroatoms. The standard InChI is InChI=1S/C16H26ClNO2S/c1-16(2,3)21(19)18-12-14(6-5-11-17)13-7-9-15(20-4)10-8-13/h7-10,14,18H,5-6,11-12H2,1-4H3/t14-,21+/m0/s1. The molecule has 3 nitrogen and oxygen atoms in total. The number of methoxy groups -OCH3 is 1. The Bertz CT molecular complexity index is 443. The third-order valence-electron chi connectivity index (χ3n) is 3.29. The first-order valence-corrected chi connectivity index (χ1v) is 8.92. The van der Waals surface area contributed by atoms with Crippen molar-refractivity contribution in [3.63, 3.8) is 0 Å². The van der Waals surface area contributed by atoms with E-state index in [1.54, 1.807) is 7.11 Å². The highest BCUT2D eigenvalue weighted by molar-refractivity contribution is 7.84. The summed E-state index contributed by atoms with van der Waals surface area (Å²) in [7, 11) is 0.610. The Balaban J connectivity index is 2.72. The van der Waals surface area contributed by atoms with Gasteiger partial charge < -0.3 is 4.74 Å². The van der Waals surface area contributed by atoms with Crippen LogP contribution in [0.2, 0.25) is 0 Å². The largest absolute Gasteiger partial charge is 0.497 e. The number of benzene rings is 1. The van der Waals surface area contributed by atoms with Crippen LogP contribution in [0.3, 0.4) is 0 Å². The van der Waals surface area contributed by atoms with Gasteiger partial charge in [-0.05, 0) is 57.2 Å². The van der Waals surface area contributed by atoms with Crippen LogP contribution in [0.4, 0.5) is 0 Å². The molecule has 21 heavy (non-hydrogen) atoms. The lowest BCUT2D eigenvalue weighted by Crippen LogP contribution is -2.35. The number of hydrogen-bond donors (Lipinski definition) is 1. The van der Waals surface area contributed by atoms with E-state index in [0.29, 0.717) is 18.3 Å². The van der Waals surface area contributed by atoms with Gasteiger partial charge in [0.25, 0.3) is 0 Å². The van der Waals surface area contributed by atoms with Crippen molar-refractivity contribution in [2.24, 2.45) is 0 Å². The first-order valence-electron chi connectivity index (χ1n) is 7.23. The van der Waals surface area contributed by atoms with Crippen LogP contribution in [0.5, 0.6) is 5.75 Å². The van der Waals surface area contributed by atoms with Crippen molar-refractivity contribution in [1.29, 1.82) is 0 Å². The molecule has 1 aromatic rings. The average Bonchev–Trinajstić information content (AvgIpc) is 2.46. The first-order chi connectivity index (χ1) is 9.88. The number of halogens is 1. The minimum Gasteiger partial charge on any atom is -0.497 e. The molecule has 0 heterocycles. The Labute approximate surface area is 136 Å². The van der Waals surface area contributed by atoms with Crippen molar-refractivity contribution in [2.45, 2.75) is 44.3 Å². The molecule has 0 saturated carbocycles. The highest BCUT2D eigenvalue weighted by Crippen LogP contribution is 2.24. The van der Waals surface area contributed by atoms with Gasteiger partial charge in [-0.15, -0.1) is 11.6 Å². The highest BCUT2D eigenvalue weighted by Gasteiger charge is 2.21. The molecule has 120 valence electrons. The maximum absolute atomic E-state index is 12.1. The molecule has 0 aliphatic carbocycles. The van der Waals surface area contributed by atoms with Crippen LogP contribution in [0.15, 0.2) is 24.3 Å². The second-order valence-electron chi connectivity index (χ2n) is 6.03. The number of ether oxygens (including phenoxy) is 1. The lowest BCUT2D eigenvalue weighted by atomic mass is 9.95. The molecule has 0 saturated heterocycles. The lowest BCUT2D eigenvalue weighted by molar-refractivity contribution is 0.414. The van der Waals surface area contributed by atoms with E-state index in [9.17, 15) is 4.21 Å². The molecule has 0 bridgehead atoms. The Kier molecular flexibility index (Phi) is 7.71. The maximum Gasteiger partial charge on any atom is 0.118 e. The molecule has 1 aromatic carbocycles. The molecular weight excluding hydrogens is 306 g/mol. The van der Waals surface area contributed by atoms with Crippen molar-refractivity contribution in [3.05, 3.63) is 29.8 Å². The quantitative estimate of drug-likeness (QED) is 0.735. The number of alkyl halides is 1. The Morgan fingerprint density at radius 1 is 1.29 bits per heavy atom. The summed E-state index contributed by atoms with van der Waals surface area (Å²) in [4.78, 5) is 0. The Morgan fingerprint density at radius 2 is 1.90 bits per heavy atom. The zero-order chi connectivity index (χ0) is 15.9. The predicted molar refractivity (Wildman–Crippen MR) is 91.6 cm³/mol. The van der Waals surface area contributed by atoms with Crippen molar-refractivity contribution < 1.29 is 8.95 Å². The van der Waals surface area contributed by atoms with Gasteiger partial charge in [-0.2, -0.15) is 0 Å². The second kappa shape index (κ2) is 8.76. The fourth-order valence-corrected chi connectivity index (χ4v) is 2.92. The van der Waals surface area contributed by atoms with E-state index in [4.69, 9.17) is 16.3 Å². The van der Waals surface area contributed by atoms with Crippen LogP contribution in [0.1, 0.15) is 45.1 Å². The fraction of sp³-hybridized carbons (Fsp3) is 0.625. The molecule has 0 aromatic heterocycles. The highest BCUT2D eigenvalue weighted by atomic mass is 35.5. The van der Waals surface area contributed by atoms with Gasteiger partial charge in [0.1, 0.15) is 5.75 Å². The van der Waals surface area contributed by atoms with Crippen LogP contribution in [-0.2, 0) is 11.0 Å². The number of rotatable bonds is 8. The third-order valence-corrected chi connectivity index (χ3v) is 5.10. The van der Waals surface area contributed by atoms with Crippen LogP contribution >= 0.6 is 11.6 Å². The molecule has 0 aliphatic heterocycles. The molecule has 0 unspecified atom stereocenters. The van der Waals surface area contributed by atoms with Gasteiger partial charge in [0.2, 0.25) is 0 Å². The molecule has 2 atom stereocenters. The van der Waals surface area contributed by atoms with E-state index in [1.165, 1.54) is 5.56 Å². The molecule has 1 rings (SSSR count). The van der Waals surface area contributed by atoms with Gasteiger partial charge in [0, 0.05) is 12.4 Å². The summed E-state index contributed by atoms with van der Waals surface area (Å²) >= 11 is 5.82. The molecule has 0 aliphatic rings. The summed E-state index contributed by atoms with van der Waals surface area (Å²) < 4.78 is 20.2. The summed E-state index contributed by atoms with van der Waals surface area (Å²) in [5.74, 6) is 1.80. The van der Waals surface area contributed by atoms with Crippen LogP contribution < -0.4 is 9.46 Å². The van der Waals surface area contributed by atoms with Crippen molar-refractivity contribution in [3.8, 4) is 5.75 Å². The first kappa shape index (κ1) is 18.5. The minimum atomic E-state index is -1.05. The molecule has 0 spiro atoms. The second-order valence-corrected chi connectivity index (χ2v) is 8.46. The molecule has 0 amide bonds. The van der Waals surface area contributed by atoms with Gasteiger partial charge in [-0.3, -0.25) is 0 Å². The SMILES string of the molecule is COc1ccc([C@@H](CCCCl)CN[S@](=O)C(C)(C)C)cc1. The monoisotopic (exact) mass is 331 g/mol. The van der Waals surface area contributed by atoms with E-state index in [0.717, 1.165) is 18.6 Å². The normalized spacial score (nSPS) is 14.7. The zero-order valence-corrected chi connectivity index (χ0v) is 14.9. The van der Waals surface area contributed by atoms with Gasteiger partial charge in [-0.1, -0.05) is 12.1 Å². The van der Waals surface area contributed by atoms with Crippen LogP contribution in [0, 0.1) is 0 Å². The summed E-state index contributed by atoms with van der Waals surface area (Å²) in [6.45, 7) is 6.60. The van der Waals surface area contributed by atoms with E-state index in [-0.39, 0.29) is 4.75 Å². The molecule has 0 radical (unpaired) electrons. The molecular formula is C16H26ClNO2S. The van der Waals surface area contributed by atoms with E-state index < -0.39 is 11.0 Å². The van der Waals surface area contributed by atoms with Crippen molar-refractivity contribution in [1.82, 2.24) is 4.72 Å². The summed E-state index contributed by atoms with van der Waals surface area (Å²) in [6, 6.07) is 8.06. The smallest absolute Gasteiger partial charge is 0.118 e. The van der Waals surface area contributed by atoms with Gasteiger partial charge in [0.05, 0.1) is 22.8 Å². The zero-order valence-electron chi connectivity index (χ0n) is 13.3. The van der Waals surface area contributed by atoms with Crippen molar-refractivity contribution in [2.75, 3.05) is 19.5 Å². The molecule has 0 fully saturated rings. The van der Waals surface area contributed by atoms with Crippen LogP contribution in [0.25, 0.3) is 0 Å². The summed E-state index contributed by atoms with van der Waals surface area (Å²) in [5.41, 5.74) is 1.22. The van der Waals surface area contributed by atoms with Crippen LogP contribution in [-0.4, -0.2) is 28.5 Å². The Morgan fingerprint density at radius 3 is 2.38 bits per heavy atom. The topological polar surface area (TPSA) is 38.3 Å². The van der Waals surface area contributed by atoms with E-state index in [2.05, 4.69) is 16.9 Å². The predicted octanol–water partition coefficient (Wildman–Crippen LogP) is 3.85. The average molecular weight is 332 g/mol. The summed E-state index contributed by atoms with van der Waals surface area (Å²) in [6.07, 6.45) is 1.92. The van der Waals surface area contributed by atoms with Gasteiger partial charge in [-0.25, -0.2) is 8.93 Å². The lowest BCUT2D eigenvalue weighted by Gasteiger charge is -2.22. The third kappa shape index (κ3) is 6.37. The minimum absolute atomic E-state index is 0.253. The van der Waals surface area contributed by atoms with Gasteiger partial charge in [0.15, 0.2) is 0 Å². The maximum atomic E-state index is 12.1. The molecule has 1 N–H and O–H groups in total. The number of hydrogen-bond acceptors (Lipinski definition) is 2.